The van der Waals surface area contributed by atoms with Gasteiger partial charge in [-0.2, -0.15) is 0 Å². The van der Waals surface area contributed by atoms with Gasteiger partial charge in [-0.15, -0.1) is 0 Å². The van der Waals surface area contributed by atoms with Gasteiger partial charge >= 0.3 is 0 Å². The minimum absolute atomic E-state index is 0.0760. The quantitative estimate of drug-likeness (QED) is 0.799. The Morgan fingerprint density at radius 2 is 1.72 bits per heavy atom. The maximum Gasteiger partial charge on any atom is 0.126 e. The van der Waals surface area contributed by atoms with Gasteiger partial charge in [-0.3, -0.25) is 0 Å². The number of hydrogen-bond acceptors (Lipinski definition) is 2. The molecular formula is C13H16Cl2FNO. The third-order valence-electron chi connectivity index (χ3n) is 3.32. The van der Waals surface area contributed by atoms with E-state index in [2.05, 4.69) is 5.32 Å². The molecule has 2 N–H and O–H groups in total. The molecule has 2 nitrogen and oxygen atoms in total. The highest BCUT2D eigenvalue weighted by Gasteiger charge is 2.23. The molecule has 0 heterocycles. The Labute approximate surface area is 116 Å². The lowest BCUT2D eigenvalue weighted by Gasteiger charge is -2.24. The molecule has 1 aliphatic rings. The zero-order valence-corrected chi connectivity index (χ0v) is 11.4. The van der Waals surface area contributed by atoms with Gasteiger partial charge in [0.1, 0.15) is 5.82 Å². The summed E-state index contributed by atoms with van der Waals surface area (Å²) in [6.07, 6.45) is 4.44. The number of halogens is 3. The zero-order chi connectivity index (χ0) is 13.1. The first kappa shape index (κ1) is 13.9. The maximum absolute atomic E-state index is 13.1. The normalized spacial score (nSPS) is 24.7. The standard InChI is InChI=1S/C13H16Cl2FNO/c14-9-6-8(16)7-10(15)13(9)17-11-4-2-1-3-5-12(11)18/h6-7,11-12,17-18H,1-5H2. The summed E-state index contributed by atoms with van der Waals surface area (Å²) < 4.78 is 13.1. The number of hydrogen-bond donors (Lipinski definition) is 2. The predicted molar refractivity (Wildman–Crippen MR) is 72.9 cm³/mol. The number of nitrogens with one attached hydrogen (secondary N) is 1. The SMILES string of the molecule is OC1CCCCCC1Nc1c(Cl)cc(F)cc1Cl. The number of aliphatic hydroxyl groups excluding tert-OH is 1. The van der Waals surface area contributed by atoms with Crippen LogP contribution in [0.3, 0.4) is 0 Å². The molecule has 18 heavy (non-hydrogen) atoms. The molecular weight excluding hydrogens is 276 g/mol. The Kier molecular flexibility index (Phi) is 4.71. The lowest BCUT2D eigenvalue weighted by molar-refractivity contribution is 0.144. The van der Waals surface area contributed by atoms with E-state index >= 15 is 0 Å². The van der Waals surface area contributed by atoms with Crippen LogP contribution in [0.25, 0.3) is 0 Å². The lowest BCUT2D eigenvalue weighted by Crippen LogP contribution is -2.32. The van der Waals surface area contributed by atoms with Crippen molar-refractivity contribution in [2.75, 3.05) is 5.32 Å². The number of anilines is 1. The smallest absolute Gasteiger partial charge is 0.126 e. The molecule has 1 fully saturated rings. The fourth-order valence-corrected chi connectivity index (χ4v) is 2.89. The molecule has 0 amide bonds. The van der Waals surface area contributed by atoms with Gasteiger partial charge in [0.05, 0.1) is 27.9 Å². The first-order valence-corrected chi connectivity index (χ1v) is 6.92. The van der Waals surface area contributed by atoms with Crippen LogP contribution in [-0.2, 0) is 0 Å². The lowest BCUT2D eigenvalue weighted by atomic mass is 10.1. The van der Waals surface area contributed by atoms with Gasteiger partial charge in [-0.1, -0.05) is 42.5 Å². The molecule has 2 atom stereocenters. The molecule has 100 valence electrons. The summed E-state index contributed by atoms with van der Waals surface area (Å²) in [5, 5.41) is 13.7. The van der Waals surface area contributed by atoms with E-state index in [1.165, 1.54) is 12.1 Å². The summed E-state index contributed by atoms with van der Waals surface area (Å²) in [5.41, 5.74) is 0.505. The summed E-state index contributed by atoms with van der Waals surface area (Å²) in [6.45, 7) is 0. The summed E-state index contributed by atoms with van der Waals surface area (Å²) in [5.74, 6) is -0.461. The monoisotopic (exact) mass is 291 g/mol. The average molecular weight is 292 g/mol. The molecule has 5 heteroatoms. The Hall–Kier alpha value is -0.510. The Balaban J connectivity index is 2.17. The van der Waals surface area contributed by atoms with Crippen molar-refractivity contribution in [1.82, 2.24) is 0 Å². The molecule has 1 aromatic rings. The van der Waals surface area contributed by atoms with E-state index in [9.17, 15) is 9.50 Å². The van der Waals surface area contributed by atoms with E-state index < -0.39 is 11.9 Å². The van der Waals surface area contributed by atoms with Gasteiger partial charge in [-0.05, 0) is 25.0 Å². The third kappa shape index (κ3) is 3.28. The van der Waals surface area contributed by atoms with Crippen LogP contribution in [0.2, 0.25) is 10.0 Å². The van der Waals surface area contributed by atoms with Gasteiger partial charge in [0.2, 0.25) is 0 Å². The highest BCUT2D eigenvalue weighted by molar-refractivity contribution is 6.39. The average Bonchev–Trinajstić information content (AvgIpc) is 2.49. The van der Waals surface area contributed by atoms with Gasteiger partial charge in [0.25, 0.3) is 0 Å². The van der Waals surface area contributed by atoms with Gasteiger partial charge in [0, 0.05) is 0 Å². The highest BCUT2D eigenvalue weighted by atomic mass is 35.5. The molecule has 1 aliphatic carbocycles. The van der Waals surface area contributed by atoms with Crippen LogP contribution in [0.15, 0.2) is 12.1 Å². The van der Waals surface area contributed by atoms with E-state index in [1.807, 2.05) is 0 Å². The van der Waals surface area contributed by atoms with Crippen molar-refractivity contribution < 1.29 is 9.50 Å². The molecule has 2 unspecified atom stereocenters. The highest BCUT2D eigenvalue weighted by Crippen LogP contribution is 2.33. The first-order chi connectivity index (χ1) is 8.58. The van der Waals surface area contributed by atoms with Crippen molar-refractivity contribution >= 4 is 28.9 Å². The Morgan fingerprint density at radius 3 is 2.39 bits per heavy atom. The van der Waals surface area contributed by atoms with Crippen molar-refractivity contribution in [1.29, 1.82) is 0 Å². The second-order valence-corrected chi connectivity index (χ2v) is 5.52. The first-order valence-electron chi connectivity index (χ1n) is 6.17. The van der Waals surface area contributed by atoms with Crippen molar-refractivity contribution in [2.45, 2.75) is 44.2 Å². The molecule has 0 spiro atoms. The van der Waals surface area contributed by atoms with Crippen LogP contribution in [0, 0.1) is 5.82 Å². The summed E-state index contributed by atoms with van der Waals surface area (Å²) in [6, 6.07) is 2.37. The zero-order valence-electron chi connectivity index (χ0n) is 9.93. The number of benzene rings is 1. The van der Waals surface area contributed by atoms with E-state index in [0.29, 0.717) is 5.69 Å². The predicted octanol–water partition coefficient (Wildman–Crippen LogP) is 4.24. The van der Waals surface area contributed by atoms with Crippen molar-refractivity contribution in [3.05, 3.63) is 28.0 Å². The molecule has 2 rings (SSSR count). The molecule has 0 saturated heterocycles. The molecule has 0 radical (unpaired) electrons. The van der Waals surface area contributed by atoms with Gasteiger partial charge < -0.3 is 10.4 Å². The largest absolute Gasteiger partial charge is 0.391 e. The fraction of sp³-hybridized carbons (Fsp3) is 0.538. The van der Waals surface area contributed by atoms with Gasteiger partial charge in [-0.25, -0.2) is 4.39 Å². The van der Waals surface area contributed by atoms with Crippen LogP contribution in [0.4, 0.5) is 10.1 Å². The topological polar surface area (TPSA) is 32.3 Å². The minimum Gasteiger partial charge on any atom is -0.391 e. The van der Waals surface area contributed by atoms with Gasteiger partial charge in [0.15, 0.2) is 0 Å². The van der Waals surface area contributed by atoms with E-state index in [1.54, 1.807) is 0 Å². The molecule has 0 aliphatic heterocycles. The maximum atomic E-state index is 13.1. The van der Waals surface area contributed by atoms with Crippen molar-refractivity contribution in [3.63, 3.8) is 0 Å². The Morgan fingerprint density at radius 1 is 1.11 bits per heavy atom. The number of aliphatic hydroxyl groups is 1. The summed E-state index contributed by atoms with van der Waals surface area (Å²) in [4.78, 5) is 0. The molecule has 0 aromatic heterocycles. The molecule has 0 bridgehead atoms. The second kappa shape index (κ2) is 6.09. The van der Waals surface area contributed by atoms with Crippen LogP contribution in [-0.4, -0.2) is 17.3 Å². The minimum atomic E-state index is -0.461. The second-order valence-electron chi connectivity index (χ2n) is 4.70. The van der Waals surface area contributed by atoms with Crippen molar-refractivity contribution in [3.8, 4) is 0 Å². The summed E-state index contributed by atoms with van der Waals surface area (Å²) >= 11 is 11.9. The van der Waals surface area contributed by atoms with Crippen LogP contribution in [0.5, 0.6) is 0 Å². The van der Waals surface area contributed by atoms with Crippen LogP contribution >= 0.6 is 23.2 Å². The van der Waals surface area contributed by atoms with Crippen LogP contribution < -0.4 is 5.32 Å². The van der Waals surface area contributed by atoms with Crippen LogP contribution in [0.1, 0.15) is 32.1 Å². The summed E-state index contributed by atoms with van der Waals surface area (Å²) in [7, 11) is 0. The Bertz CT molecular complexity index is 404. The molecule has 1 saturated carbocycles. The third-order valence-corrected chi connectivity index (χ3v) is 3.91. The van der Waals surface area contributed by atoms with E-state index in [0.717, 1.165) is 32.1 Å². The number of rotatable bonds is 2. The van der Waals surface area contributed by atoms with Crippen molar-refractivity contribution in [2.24, 2.45) is 0 Å². The van der Waals surface area contributed by atoms with E-state index in [4.69, 9.17) is 23.2 Å². The fourth-order valence-electron chi connectivity index (χ4n) is 2.32. The molecule has 1 aromatic carbocycles. The van der Waals surface area contributed by atoms with E-state index in [-0.39, 0.29) is 16.1 Å².